The van der Waals surface area contributed by atoms with E-state index in [4.69, 9.17) is 4.98 Å². The van der Waals surface area contributed by atoms with Crippen molar-refractivity contribution in [3.8, 4) is 0 Å². The Morgan fingerprint density at radius 3 is 1.89 bits per heavy atom. The molecular formula is C24H24N2O. The van der Waals surface area contributed by atoms with E-state index in [9.17, 15) is 5.11 Å². The van der Waals surface area contributed by atoms with Crippen molar-refractivity contribution in [2.24, 2.45) is 7.05 Å². The van der Waals surface area contributed by atoms with Gasteiger partial charge < -0.3 is 9.67 Å². The minimum Gasteiger partial charge on any atom is -0.380 e. The van der Waals surface area contributed by atoms with Gasteiger partial charge in [-0.1, -0.05) is 79.7 Å². The van der Waals surface area contributed by atoms with Gasteiger partial charge in [-0.3, -0.25) is 0 Å². The van der Waals surface area contributed by atoms with Crippen LogP contribution in [0.5, 0.6) is 0 Å². The molecule has 1 heterocycles. The van der Waals surface area contributed by atoms with Crippen molar-refractivity contribution >= 4 is 11.0 Å². The molecule has 0 amide bonds. The zero-order valence-corrected chi connectivity index (χ0v) is 15.7. The predicted octanol–water partition coefficient (Wildman–Crippen LogP) is 5.00. The van der Waals surface area contributed by atoms with Crippen LogP contribution < -0.4 is 0 Å². The minimum atomic E-state index is -1.16. The number of para-hydroxylation sites is 2. The molecule has 0 unspecified atom stereocenters. The van der Waals surface area contributed by atoms with Crippen LogP contribution in [0.15, 0.2) is 84.9 Å². The maximum absolute atomic E-state index is 12.2. The van der Waals surface area contributed by atoms with Gasteiger partial charge in [0.2, 0.25) is 0 Å². The summed E-state index contributed by atoms with van der Waals surface area (Å²) in [6.45, 7) is 2.11. The van der Waals surface area contributed by atoms with Gasteiger partial charge in [0.1, 0.15) is 11.4 Å². The third-order valence-electron chi connectivity index (χ3n) is 5.47. The Morgan fingerprint density at radius 1 is 0.852 bits per heavy atom. The summed E-state index contributed by atoms with van der Waals surface area (Å²) in [4.78, 5) is 4.90. The lowest BCUT2D eigenvalue weighted by Crippen LogP contribution is -2.36. The van der Waals surface area contributed by atoms with Gasteiger partial charge in [0.25, 0.3) is 0 Å². The van der Waals surface area contributed by atoms with E-state index in [0.29, 0.717) is 0 Å². The van der Waals surface area contributed by atoms with E-state index in [-0.39, 0.29) is 5.92 Å². The third kappa shape index (κ3) is 2.84. The fraction of sp³-hybridized carbons (Fsp3) is 0.208. The maximum Gasteiger partial charge on any atom is 0.124 e. The molecule has 27 heavy (non-hydrogen) atoms. The summed E-state index contributed by atoms with van der Waals surface area (Å²) in [6, 6.07) is 28.0. The quantitative estimate of drug-likeness (QED) is 0.546. The minimum absolute atomic E-state index is 0.181. The lowest BCUT2D eigenvalue weighted by molar-refractivity contribution is 0.0438. The molecule has 0 aliphatic rings. The number of imidazole rings is 1. The second kappa shape index (κ2) is 7.01. The third-order valence-corrected chi connectivity index (χ3v) is 5.47. The van der Waals surface area contributed by atoms with Crippen LogP contribution >= 0.6 is 0 Å². The first-order valence-electron chi connectivity index (χ1n) is 9.41. The van der Waals surface area contributed by atoms with Crippen molar-refractivity contribution in [3.05, 3.63) is 102 Å². The van der Waals surface area contributed by atoms with Crippen LogP contribution in [0.4, 0.5) is 0 Å². The molecule has 1 atom stereocenters. The monoisotopic (exact) mass is 356 g/mol. The summed E-state index contributed by atoms with van der Waals surface area (Å²) in [7, 11) is 2.03. The van der Waals surface area contributed by atoms with E-state index in [1.807, 2.05) is 85.9 Å². The van der Waals surface area contributed by atoms with E-state index >= 15 is 0 Å². The van der Waals surface area contributed by atoms with Crippen molar-refractivity contribution in [1.82, 2.24) is 9.55 Å². The molecule has 4 rings (SSSR count). The highest BCUT2D eigenvalue weighted by atomic mass is 16.3. The molecule has 0 saturated carbocycles. The van der Waals surface area contributed by atoms with E-state index in [0.717, 1.165) is 34.4 Å². The first kappa shape index (κ1) is 17.5. The van der Waals surface area contributed by atoms with Crippen molar-refractivity contribution in [2.45, 2.75) is 24.9 Å². The number of benzene rings is 3. The Morgan fingerprint density at radius 2 is 1.37 bits per heavy atom. The summed E-state index contributed by atoms with van der Waals surface area (Å²) in [5, 5.41) is 12.2. The zero-order valence-electron chi connectivity index (χ0n) is 15.7. The summed E-state index contributed by atoms with van der Waals surface area (Å²) < 4.78 is 2.11. The number of fused-ring (bicyclic) bond motifs is 1. The molecule has 1 N–H and O–H groups in total. The molecule has 0 saturated heterocycles. The number of aliphatic hydroxyl groups is 1. The Labute approximate surface area is 159 Å². The molecule has 0 bridgehead atoms. The van der Waals surface area contributed by atoms with E-state index in [1.165, 1.54) is 0 Å². The molecule has 0 spiro atoms. The molecule has 3 nitrogen and oxygen atoms in total. The summed E-state index contributed by atoms with van der Waals surface area (Å²) >= 11 is 0. The van der Waals surface area contributed by atoms with Crippen molar-refractivity contribution in [3.63, 3.8) is 0 Å². The lowest BCUT2D eigenvalue weighted by Gasteiger charge is -2.36. The Bertz CT molecular complexity index is 998. The zero-order chi connectivity index (χ0) is 18.9. The number of nitrogens with zero attached hydrogens (tertiary/aromatic N) is 2. The number of hydrogen-bond acceptors (Lipinski definition) is 2. The van der Waals surface area contributed by atoms with Crippen LogP contribution in [-0.2, 0) is 12.6 Å². The number of aromatic nitrogens is 2. The van der Waals surface area contributed by atoms with Gasteiger partial charge in [0, 0.05) is 7.05 Å². The van der Waals surface area contributed by atoms with Crippen LogP contribution in [0.2, 0.25) is 0 Å². The van der Waals surface area contributed by atoms with Crippen LogP contribution in [0.3, 0.4) is 0 Å². The van der Waals surface area contributed by atoms with Gasteiger partial charge >= 0.3 is 0 Å². The molecule has 1 aromatic heterocycles. The van der Waals surface area contributed by atoms with Gasteiger partial charge in [-0.2, -0.15) is 0 Å². The van der Waals surface area contributed by atoms with Gasteiger partial charge in [-0.05, 0) is 29.7 Å². The van der Waals surface area contributed by atoms with Gasteiger partial charge in [0.15, 0.2) is 0 Å². The smallest absolute Gasteiger partial charge is 0.124 e. The van der Waals surface area contributed by atoms with Gasteiger partial charge in [-0.15, -0.1) is 0 Å². The Kier molecular flexibility index (Phi) is 4.54. The van der Waals surface area contributed by atoms with E-state index in [1.54, 1.807) is 0 Å². The van der Waals surface area contributed by atoms with Gasteiger partial charge in [-0.25, -0.2) is 4.98 Å². The molecule has 4 aromatic rings. The standard InChI is InChI=1S/C24H24N2O/c1-3-20(23-25-21-16-10-11-17-22(21)26(23)2)24(27,18-12-6-4-7-13-18)19-14-8-5-9-15-19/h4-17,20,27H,3H2,1-2H3/t20-/m0/s1. The topological polar surface area (TPSA) is 38.0 Å². The molecule has 0 fully saturated rings. The van der Waals surface area contributed by atoms with Crippen LogP contribution in [-0.4, -0.2) is 14.7 Å². The molecule has 3 aromatic carbocycles. The second-order valence-electron chi connectivity index (χ2n) is 6.98. The number of aryl methyl sites for hydroxylation is 1. The highest BCUT2D eigenvalue weighted by Gasteiger charge is 2.42. The molecule has 136 valence electrons. The molecule has 3 heteroatoms. The largest absolute Gasteiger partial charge is 0.380 e. The van der Waals surface area contributed by atoms with Crippen molar-refractivity contribution in [2.75, 3.05) is 0 Å². The normalized spacial score (nSPS) is 13.0. The second-order valence-corrected chi connectivity index (χ2v) is 6.98. The van der Waals surface area contributed by atoms with E-state index in [2.05, 4.69) is 17.6 Å². The fourth-order valence-corrected chi connectivity index (χ4v) is 4.09. The number of hydrogen-bond donors (Lipinski definition) is 1. The fourth-order valence-electron chi connectivity index (χ4n) is 4.09. The van der Waals surface area contributed by atoms with E-state index < -0.39 is 5.60 Å². The van der Waals surface area contributed by atoms with Crippen molar-refractivity contribution in [1.29, 1.82) is 0 Å². The molecule has 0 radical (unpaired) electrons. The van der Waals surface area contributed by atoms with Crippen LogP contribution in [0.1, 0.15) is 36.2 Å². The summed E-state index contributed by atoms with van der Waals surface area (Å²) in [5.41, 5.74) is 2.64. The average molecular weight is 356 g/mol. The SMILES string of the molecule is CC[C@@H](c1nc2ccccc2n1C)C(O)(c1ccccc1)c1ccccc1. The summed E-state index contributed by atoms with van der Waals surface area (Å²) in [6.07, 6.45) is 0.761. The Balaban J connectivity index is 1.96. The van der Waals surface area contributed by atoms with Crippen LogP contribution in [0, 0.1) is 0 Å². The van der Waals surface area contributed by atoms with Crippen LogP contribution in [0.25, 0.3) is 11.0 Å². The molecule has 0 aliphatic carbocycles. The number of rotatable bonds is 5. The van der Waals surface area contributed by atoms with Crippen molar-refractivity contribution < 1.29 is 5.11 Å². The highest BCUT2D eigenvalue weighted by Crippen LogP contribution is 2.44. The summed E-state index contributed by atoms with van der Waals surface area (Å²) in [5.74, 6) is 0.716. The first-order chi connectivity index (χ1) is 13.2. The lowest BCUT2D eigenvalue weighted by atomic mass is 9.74. The average Bonchev–Trinajstić information content (AvgIpc) is 3.06. The molecular weight excluding hydrogens is 332 g/mol. The first-order valence-corrected chi connectivity index (χ1v) is 9.41. The maximum atomic E-state index is 12.2. The highest BCUT2D eigenvalue weighted by molar-refractivity contribution is 5.76. The Hall–Kier alpha value is -2.91. The van der Waals surface area contributed by atoms with Gasteiger partial charge in [0.05, 0.1) is 17.0 Å². The predicted molar refractivity (Wildman–Crippen MR) is 110 cm³/mol. The molecule has 0 aliphatic heterocycles.